The van der Waals surface area contributed by atoms with Crippen molar-refractivity contribution < 1.29 is 27.9 Å². The molecule has 1 saturated heterocycles. The number of urea groups is 1. The third kappa shape index (κ3) is 5.64. The summed E-state index contributed by atoms with van der Waals surface area (Å²) < 4.78 is 37.6. The van der Waals surface area contributed by atoms with Gasteiger partial charge in [0, 0.05) is 13.1 Å². The lowest BCUT2D eigenvalue weighted by atomic mass is 9.96. The van der Waals surface area contributed by atoms with E-state index in [1.54, 1.807) is 0 Å². The van der Waals surface area contributed by atoms with Crippen molar-refractivity contribution >= 4 is 23.8 Å². The van der Waals surface area contributed by atoms with Gasteiger partial charge in [-0.1, -0.05) is 0 Å². The fourth-order valence-electron chi connectivity index (χ4n) is 2.14. The summed E-state index contributed by atoms with van der Waals surface area (Å²) >= 11 is 1.46. The van der Waals surface area contributed by atoms with Gasteiger partial charge in [-0.15, -0.1) is 0 Å². The summed E-state index contributed by atoms with van der Waals surface area (Å²) in [6.45, 7) is -0.0181. The average Bonchev–Trinajstić information content (AvgIpc) is 2.42. The van der Waals surface area contributed by atoms with Crippen LogP contribution in [-0.4, -0.2) is 59.3 Å². The molecule has 1 atom stereocenters. The Morgan fingerprint density at radius 2 is 1.95 bits per heavy atom. The molecular formula is C12H19F3N2O3S. The van der Waals surface area contributed by atoms with Crippen LogP contribution in [0, 0.1) is 5.92 Å². The predicted octanol–water partition coefficient (Wildman–Crippen LogP) is 2.18. The second-order valence-corrected chi connectivity index (χ2v) is 5.91. The number of likely N-dealkylation sites (tertiary alicyclic amines) is 1. The van der Waals surface area contributed by atoms with E-state index >= 15 is 0 Å². The Hall–Kier alpha value is -1.12. The van der Waals surface area contributed by atoms with Crippen LogP contribution in [-0.2, 0) is 4.79 Å². The molecule has 0 bridgehead atoms. The number of aliphatic carboxylic acids is 1. The van der Waals surface area contributed by atoms with Crippen molar-refractivity contribution in [1.29, 1.82) is 0 Å². The summed E-state index contributed by atoms with van der Waals surface area (Å²) in [7, 11) is 0. The lowest BCUT2D eigenvalue weighted by Gasteiger charge is -2.33. The van der Waals surface area contributed by atoms with Gasteiger partial charge in [0.25, 0.3) is 0 Å². The maximum absolute atomic E-state index is 12.5. The monoisotopic (exact) mass is 328 g/mol. The number of hydrogen-bond donors (Lipinski definition) is 2. The first-order chi connectivity index (χ1) is 9.75. The number of nitrogens with one attached hydrogen (secondary N) is 1. The number of piperidine rings is 1. The summed E-state index contributed by atoms with van der Waals surface area (Å²) in [6.07, 6.45) is -2.41. The van der Waals surface area contributed by atoms with Crippen molar-refractivity contribution in [2.45, 2.75) is 31.5 Å². The van der Waals surface area contributed by atoms with Crippen LogP contribution in [0.25, 0.3) is 0 Å². The summed E-state index contributed by atoms with van der Waals surface area (Å²) in [6, 6.07) is -1.62. The maximum Gasteiger partial charge on any atom is 0.391 e. The van der Waals surface area contributed by atoms with Crippen molar-refractivity contribution in [3.05, 3.63) is 0 Å². The Balaban J connectivity index is 2.47. The SMILES string of the molecule is CSCC[C@@H](NC(=O)N1CCC(C(F)(F)F)CC1)C(=O)O. The molecule has 0 aromatic rings. The molecule has 9 heteroatoms. The molecule has 0 aliphatic carbocycles. The first-order valence-electron chi connectivity index (χ1n) is 6.59. The maximum atomic E-state index is 12.5. The normalized spacial score (nSPS) is 18.4. The van der Waals surface area contributed by atoms with E-state index in [9.17, 15) is 22.8 Å². The number of rotatable bonds is 5. The van der Waals surface area contributed by atoms with Gasteiger partial charge in [-0.05, 0) is 31.3 Å². The second-order valence-electron chi connectivity index (χ2n) is 4.92. The van der Waals surface area contributed by atoms with Crippen LogP contribution >= 0.6 is 11.8 Å². The van der Waals surface area contributed by atoms with Gasteiger partial charge in [-0.2, -0.15) is 24.9 Å². The van der Waals surface area contributed by atoms with E-state index in [0.29, 0.717) is 5.75 Å². The third-order valence-corrected chi connectivity index (χ3v) is 4.10. The van der Waals surface area contributed by atoms with E-state index in [-0.39, 0.29) is 32.4 Å². The molecule has 21 heavy (non-hydrogen) atoms. The average molecular weight is 328 g/mol. The van der Waals surface area contributed by atoms with Crippen LogP contribution in [0.4, 0.5) is 18.0 Å². The van der Waals surface area contributed by atoms with Crippen molar-refractivity contribution in [3.63, 3.8) is 0 Å². The highest BCUT2D eigenvalue weighted by atomic mass is 32.2. The highest BCUT2D eigenvalue weighted by Crippen LogP contribution is 2.34. The fraction of sp³-hybridized carbons (Fsp3) is 0.833. The number of carboxylic acids is 1. The van der Waals surface area contributed by atoms with Crippen LogP contribution < -0.4 is 5.32 Å². The minimum atomic E-state index is -4.23. The van der Waals surface area contributed by atoms with Crippen LogP contribution in [0.15, 0.2) is 0 Å². The van der Waals surface area contributed by atoms with Crippen molar-refractivity contribution in [2.75, 3.05) is 25.1 Å². The molecule has 1 heterocycles. The Morgan fingerprint density at radius 3 is 2.38 bits per heavy atom. The van der Waals surface area contributed by atoms with Crippen molar-refractivity contribution in [1.82, 2.24) is 10.2 Å². The Morgan fingerprint density at radius 1 is 1.38 bits per heavy atom. The highest BCUT2D eigenvalue weighted by molar-refractivity contribution is 7.98. The van der Waals surface area contributed by atoms with Gasteiger partial charge in [0.15, 0.2) is 0 Å². The van der Waals surface area contributed by atoms with Gasteiger partial charge >= 0.3 is 18.2 Å². The minimum Gasteiger partial charge on any atom is -0.480 e. The lowest BCUT2D eigenvalue weighted by Crippen LogP contribution is -2.51. The van der Waals surface area contributed by atoms with E-state index in [1.165, 1.54) is 16.7 Å². The number of alkyl halides is 3. The number of carbonyl (C=O) groups is 2. The minimum absolute atomic E-state index is 0.00905. The van der Waals surface area contributed by atoms with Gasteiger partial charge < -0.3 is 15.3 Å². The zero-order valence-corrected chi connectivity index (χ0v) is 12.5. The van der Waals surface area contributed by atoms with Crippen LogP contribution in [0.2, 0.25) is 0 Å². The largest absolute Gasteiger partial charge is 0.480 e. The third-order valence-electron chi connectivity index (χ3n) is 3.45. The quantitative estimate of drug-likeness (QED) is 0.811. The molecule has 2 N–H and O–H groups in total. The molecule has 2 amide bonds. The van der Waals surface area contributed by atoms with Gasteiger partial charge in [0.05, 0.1) is 5.92 Å². The fourth-order valence-corrected chi connectivity index (χ4v) is 2.61. The molecule has 0 radical (unpaired) electrons. The number of halogens is 3. The number of nitrogens with zero attached hydrogens (tertiary/aromatic N) is 1. The Labute approximate surface area is 125 Å². The van der Waals surface area contributed by atoms with Gasteiger partial charge in [-0.25, -0.2) is 9.59 Å². The molecular weight excluding hydrogens is 309 g/mol. The number of thioether (sulfide) groups is 1. The smallest absolute Gasteiger partial charge is 0.391 e. The number of amides is 2. The second kappa shape index (κ2) is 7.77. The van der Waals surface area contributed by atoms with Gasteiger partial charge in [0.1, 0.15) is 6.04 Å². The number of hydrogen-bond acceptors (Lipinski definition) is 3. The van der Waals surface area contributed by atoms with E-state index in [4.69, 9.17) is 5.11 Å². The molecule has 0 aromatic carbocycles. The van der Waals surface area contributed by atoms with Crippen LogP contribution in [0.3, 0.4) is 0 Å². The molecule has 1 rings (SSSR count). The van der Waals surface area contributed by atoms with Crippen LogP contribution in [0.1, 0.15) is 19.3 Å². The zero-order valence-electron chi connectivity index (χ0n) is 11.7. The molecule has 5 nitrogen and oxygen atoms in total. The van der Waals surface area contributed by atoms with E-state index in [2.05, 4.69) is 5.32 Å². The molecule has 0 saturated carbocycles. The highest BCUT2D eigenvalue weighted by Gasteiger charge is 2.41. The molecule has 1 fully saturated rings. The topological polar surface area (TPSA) is 69.6 Å². The van der Waals surface area contributed by atoms with Gasteiger partial charge in [-0.3, -0.25) is 0 Å². The molecule has 122 valence electrons. The van der Waals surface area contributed by atoms with Crippen molar-refractivity contribution in [3.8, 4) is 0 Å². The molecule has 0 aromatic heterocycles. The van der Waals surface area contributed by atoms with E-state index in [1.807, 2.05) is 6.26 Å². The Kier molecular flexibility index (Phi) is 6.63. The number of carbonyl (C=O) groups excluding carboxylic acids is 1. The first-order valence-corrected chi connectivity index (χ1v) is 7.99. The van der Waals surface area contributed by atoms with E-state index < -0.39 is 30.1 Å². The molecule has 0 spiro atoms. The number of carboxylic acid groups (broad SMARTS) is 1. The predicted molar refractivity (Wildman–Crippen MR) is 73.3 cm³/mol. The molecule has 0 unspecified atom stereocenters. The first kappa shape index (κ1) is 17.9. The van der Waals surface area contributed by atoms with Gasteiger partial charge in [0.2, 0.25) is 0 Å². The van der Waals surface area contributed by atoms with Crippen molar-refractivity contribution in [2.24, 2.45) is 5.92 Å². The summed E-state index contributed by atoms with van der Waals surface area (Å²) in [5, 5.41) is 11.4. The standard InChI is InChI=1S/C12H19F3N2O3S/c1-21-7-4-9(10(18)19)16-11(20)17-5-2-8(3-6-17)12(13,14)15/h8-9H,2-7H2,1H3,(H,16,20)(H,18,19)/t9-/m1/s1. The summed E-state index contributed by atoms with van der Waals surface area (Å²) in [5.41, 5.74) is 0. The lowest BCUT2D eigenvalue weighted by molar-refractivity contribution is -0.183. The molecule has 1 aliphatic rings. The Bertz CT molecular complexity index is 371. The van der Waals surface area contributed by atoms with E-state index in [0.717, 1.165) is 0 Å². The van der Waals surface area contributed by atoms with Crippen LogP contribution in [0.5, 0.6) is 0 Å². The zero-order chi connectivity index (χ0) is 16.0. The summed E-state index contributed by atoms with van der Waals surface area (Å²) in [5.74, 6) is -1.94. The summed E-state index contributed by atoms with van der Waals surface area (Å²) in [4.78, 5) is 24.2. The molecule has 1 aliphatic heterocycles.